The zero-order valence-electron chi connectivity index (χ0n) is 12.7. The Hall–Kier alpha value is -2.70. The molecule has 0 aliphatic heterocycles. The third-order valence-electron chi connectivity index (χ3n) is 2.50. The van der Waals surface area contributed by atoms with E-state index in [4.69, 9.17) is 9.47 Å². The van der Waals surface area contributed by atoms with Gasteiger partial charge in [-0.3, -0.25) is 4.79 Å². The maximum atomic E-state index is 12.7. The van der Waals surface area contributed by atoms with E-state index in [9.17, 15) is 18.8 Å². The number of benzene rings is 1. The molecule has 0 atom stereocenters. The van der Waals surface area contributed by atoms with E-state index in [0.29, 0.717) is 0 Å². The first-order valence-corrected chi connectivity index (χ1v) is 6.83. The molecule has 124 valence electrons. The summed E-state index contributed by atoms with van der Waals surface area (Å²) in [6.07, 6.45) is 0.149. The molecular weight excluding hydrogens is 307 g/mol. The van der Waals surface area contributed by atoms with E-state index in [0.717, 1.165) is 0 Å². The second-order valence-corrected chi connectivity index (χ2v) is 4.61. The van der Waals surface area contributed by atoms with Gasteiger partial charge in [0.15, 0.2) is 6.61 Å². The lowest BCUT2D eigenvalue weighted by Crippen LogP contribution is -2.19. The Bertz CT molecular complexity index is 579. The van der Waals surface area contributed by atoms with Gasteiger partial charge in [0.2, 0.25) is 0 Å². The number of carbonyl (C=O) groups excluding carboxylic acids is 3. The van der Waals surface area contributed by atoms with E-state index in [2.05, 4.69) is 11.3 Å². The highest BCUT2D eigenvalue weighted by molar-refractivity contribution is 5.87. The van der Waals surface area contributed by atoms with Crippen molar-refractivity contribution in [1.29, 1.82) is 0 Å². The first-order valence-electron chi connectivity index (χ1n) is 6.83. The molecule has 7 heteroatoms. The lowest BCUT2D eigenvalue weighted by atomic mass is 10.3. The summed E-state index contributed by atoms with van der Waals surface area (Å²) in [5.41, 5.74) is 0.265. The highest BCUT2D eigenvalue weighted by Gasteiger charge is 2.12. The minimum Gasteiger partial charge on any atom is -0.482 e. The van der Waals surface area contributed by atoms with Crippen LogP contribution in [0.5, 0.6) is 5.75 Å². The van der Waals surface area contributed by atoms with Gasteiger partial charge in [-0.05, 0) is 37.6 Å². The van der Waals surface area contributed by atoms with Crippen molar-refractivity contribution in [1.82, 2.24) is 0 Å². The Kier molecular flexibility index (Phi) is 7.45. The van der Waals surface area contributed by atoms with Crippen molar-refractivity contribution in [3.05, 3.63) is 42.2 Å². The molecule has 0 heterocycles. The van der Waals surface area contributed by atoms with Gasteiger partial charge in [-0.1, -0.05) is 6.58 Å². The standard InChI is InChI=1S/C16H17FO6/c1-11(2)16(20)21-9-3-4-14(18)23-15(19)10-22-13-7-5-12(17)6-8-13/h5-8H,1,3-4,9-10H2,2H3. The van der Waals surface area contributed by atoms with Gasteiger partial charge < -0.3 is 14.2 Å². The molecule has 0 saturated heterocycles. The van der Waals surface area contributed by atoms with Gasteiger partial charge in [0, 0.05) is 12.0 Å². The van der Waals surface area contributed by atoms with Crippen LogP contribution in [0.1, 0.15) is 19.8 Å². The van der Waals surface area contributed by atoms with Crippen LogP contribution in [0, 0.1) is 5.82 Å². The molecule has 0 spiro atoms. The zero-order chi connectivity index (χ0) is 17.2. The Morgan fingerprint density at radius 3 is 2.39 bits per heavy atom. The highest BCUT2D eigenvalue weighted by Crippen LogP contribution is 2.10. The Morgan fingerprint density at radius 2 is 1.78 bits per heavy atom. The van der Waals surface area contributed by atoms with Crippen LogP contribution in [-0.2, 0) is 23.9 Å². The molecule has 1 aromatic carbocycles. The van der Waals surface area contributed by atoms with Crippen molar-refractivity contribution in [2.75, 3.05) is 13.2 Å². The van der Waals surface area contributed by atoms with Gasteiger partial charge in [0.05, 0.1) is 6.61 Å². The van der Waals surface area contributed by atoms with Crippen LogP contribution >= 0.6 is 0 Å². The predicted molar refractivity (Wildman–Crippen MR) is 78.0 cm³/mol. The molecule has 0 amide bonds. The number of rotatable bonds is 8. The molecule has 0 N–H and O–H groups in total. The summed E-state index contributed by atoms with van der Waals surface area (Å²) in [6.45, 7) is 4.48. The quantitative estimate of drug-likeness (QED) is 0.316. The first-order chi connectivity index (χ1) is 10.9. The predicted octanol–water partition coefficient (Wildman–Crippen LogP) is 2.17. The fourth-order valence-corrected chi connectivity index (χ4v) is 1.39. The third-order valence-corrected chi connectivity index (χ3v) is 2.50. The molecule has 1 rings (SSSR count). The summed E-state index contributed by atoms with van der Waals surface area (Å²) in [6, 6.07) is 5.05. The van der Waals surface area contributed by atoms with Crippen molar-refractivity contribution in [2.45, 2.75) is 19.8 Å². The van der Waals surface area contributed by atoms with E-state index < -0.39 is 30.3 Å². The van der Waals surface area contributed by atoms with Gasteiger partial charge in [0.1, 0.15) is 11.6 Å². The number of hydrogen-bond donors (Lipinski definition) is 0. The number of ether oxygens (including phenoxy) is 3. The molecule has 6 nitrogen and oxygen atoms in total. The zero-order valence-corrected chi connectivity index (χ0v) is 12.7. The summed E-state index contributed by atoms with van der Waals surface area (Å²) in [7, 11) is 0. The van der Waals surface area contributed by atoms with Crippen molar-refractivity contribution < 1.29 is 33.0 Å². The lowest BCUT2D eigenvalue weighted by molar-refractivity contribution is -0.161. The molecule has 0 unspecified atom stereocenters. The first kappa shape index (κ1) is 18.3. The third kappa shape index (κ3) is 7.75. The number of hydrogen-bond acceptors (Lipinski definition) is 6. The van der Waals surface area contributed by atoms with Crippen LogP contribution in [-0.4, -0.2) is 31.1 Å². The Morgan fingerprint density at radius 1 is 1.13 bits per heavy atom. The van der Waals surface area contributed by atoms with E-state index in [1.807, 2.05) is 0 Å². The minimum atomic E-state index is -0.863. The van der Waals surface area contributed by atoms with Gasteiger partial charge in [0.25, 0.3) is 0 Å². The van der Waals surface area contributed by atoms with Crippen LogP contribution in [0.3, 0.4) is 0 Å². The summed E-state index contributed by atoms with van der Waals surface area (Å²) < 4.78 is 27.0. The van der Waals surface area contributed by atoms with Crippen LogP contribution in [0.25, 0.3) is 0 Å². The molecule has 0 aliphatic carbocycles. The fourth-order valence-electron chi connectivity index (χ4n) is 1.39. The van der Waals surface area contributed by atoms with E-state index in [-0.39, 0.29) is 30.8 Å². The average molecular weight is 324 g/mol. The molecule has 0 aliphatic rings. The lowest BCUT2D eigenvalue weighted by Gasteiger charge is -2.06. The topological polar surface area (TPSA) is 78.9 Å². The Labute approximate surface area is 132 Å². The molecule has 1 aromatic rings. The Balaban J connectivity index is 2.18. The summed E-state index contributed by atoms with van der Waals surface area (Å²) in [4.78, 5) is 33.8. The SMILES string of the molecule is C=C(C)C(=O)OCCCC(=O)OC(=O)COc1ccc(F)cc1. The minimum absolute atomic E-state index is 0.0288. The second kappa shape index (κ2) is 9.34. The number of carbonyl (C=O) groups is 3. The summed E-state index contributed by atoms with van der Waals surface area (Å²) >= 11 is 0. The second-order valence-electron chi connectivity index (χ2n) is 4.61. The largest absolute Gasteiger partial charge is 0.482 e. The van der Waals surface area contributed by atoms with E-state index >= 15 is 0 Å². The molecule has 0 saturated carbocycles. The van der Waals surface area contributed by atoms with Gasteiger partial charge >= 0.3 is 17.9 Å². The van der Waals surface area contributed by atoms with Crippen LogP contribution in [0.4, 0.5) is 4.39 Å². The van der Waals surface area contributed by atoms with E-state index in [1.165, 1.54) is 31.2 Å². The number of esters is 3. The maximum absolute atomic E-state index is 12.7. The summed E-state index contributed by atoms with van der Waals surface area (Å²) in [5.74, 6) is -2.30. The normalized spacial score (nSPS) is 9.83. The maximum Gasteiger partial charge on any atom is 0.351 e. The van der Waals surface area contributed by atoms with Gasteiger partial charge in [-0.2, -0.15) is 0 Å². The van der Waals surface area contributed by atoms with Crippen LogP contribution in [0.15, 0.2) is 36.4 Å². The fraction of sp³-hybridized carbons (Fsp3) is 0.312. The number of halogens is 1. The molecule has 0 aromatic heterocycles. The molecule has 0 bridgehead atoms. The molecule has 0 fully saturated rings. The highest BCUT2D eigenvalue weighted by atomic mass is 19.1. The summed E-state index contributed by atoms with van der Waals surface area (Å²) in [5, 5.41) is 0. The van der Waals surface area contributed by atoms with Crippen LogP contribution < -0.4 is 4.74 Å². The molecule has 0 radical (unpaired) electrons. The van der Waals surface area contributed by atoms with Crippen molar-refractivity contribution in [2.24, 2.45) is 0 Å². The average Bonchev–Trinajstić information content (AvgIpc) is 2.50. The monoisotopic (exact) mass is 324 g/mol. The molecular formula is C16H17FO6. The van der Waals surface area contributed by atoms with Crippen LogP contribution in [0.2, 0.25) is 0 Å². The van der Waals surface area contributed by atoms with Gasteiger partial charge in [-0.15, -0.1) is 0 Å². The molecule has 23 heavy (non-hydrogen) atoms. The van der Waals surface area contributed by atoms with Gasteiger partial charge in [-0.25, -0.2) is 14.0 Å². The van der Waals surface area contributed by atoms with Crippen molar-refractivity contribution in [3.8, 4) is 5.75 Å². The smallest absolute Gasteiger partial charge is 0.351 e. The van der Waals surface area contributed by atoms with E-state index in [1.54, 1.807) is 0 Å². The van der Waals surface area contributed by atoms with Crippen molar-refractivity contribution in [3.63, 3.8) is 0 Å². The van der Waals surface area contributed by atoms with Crippen molar-refractivity contribution >= 4 is 17.9 Å².